The van der Waals surface area contributed by atoms with Gasteiger partial charge in [-0.2, -0.15) is 0 Å². The molecule has 0 bridgehead atoms. The highest BCUT2D eigenvalue weighted by atomic mass is 16.5. The Labute approximate surface area is 112 Å². The molecule has 0 aliphatic carbocycles. The summed E-state index contributed by atoms with van der Waals surface area (Å²) in [5.41, 5.74) is 1.02. The van der Waals surface area contributed by atoms with E-state index in [9.17, 15) is 4.79 Å². The van der Waals surface area contributed by atoms with E-state index in [1.807, 2.05) is 31.2 Å². The molecule has 0 spiro atoms. The number of benzene rings is 1. The number of hydrogen-bond donors (Lipinski definition) is 2. The number of carbonyl (C=O) groups is 1. The Kier molecular flexibility index (Phi) is 4.55. The first-order chi connectivity index (χ1) is 9.25. The van der Waals surface area contributed by atoms with E-state index in [0.29, 0.717) is 13.0 Å². The number of aryl methyl sites for hydroxylation is 1. The summed E-state index contributed by atoms with van der Waals surface area (Å²) >= 11 is 0. The highest BCUT2D eigenvalue weighted by Gasteiger charge is 2.04. The van der Waals surface area contributed by atoms with Crippen molar-refractivity contribution in [3.05, 3.63) is 48.0 Å². The number of aromatic amines is 1. The van der Waals surface area contributed by atoms with E-state index >= 15 is 0 Å². The molecule has 0 unspecified atom stereocenters. The Morgan fingerprint density at radius 2 is 2.26 bits per heavy atom. The van der Waals surface area contributed by atoms with Crippen molar-refractivity contribution >= 4 is 5.91 Å². The largest absolute Gasteiger partial charge is 0.484 e. The first-order valence-electron chi connectivity index (χ1n) is 6.19. The molecule has 0 atom stereocenters. The Morgan fingerprint density at radius 3 is 3.00 bits per heavy atom. The van der Waals surface area contributed by atoms with Crippen LogP contribution < -0.4 is 10.1 Å². The van der Waals surface area contributed by atoms with E-state index in [0.717, 1.165) is 17.1 Å². The Balaban J connectivity index is 1.69. The van der Waals surface area contributed by atoms with E-state index in [4.69, 9.17) is 4.74 Å². The van der Waals surface area contributed by atoms with E-state index in [-0.39, 0.29) is 12.5 Å². The van der Waals surface area contributed by atoms with Gasteiger partial charge in [-0.1, -0.05) is 18.2 Å². The minimum absolute atomic E-state index is 0.0308. The molecule has 5 nitrogen and oxygen atoms in total. The molecule has 0 aliphatic rings. The molecule has 1 aromatic carbocycles. The second kappa shape index (κ2) is 6.58. The van der Waals surface area contributed by atoms with Crippen LogP contribution in [0.1, 0.15) is 11.4 Å². The van der Waals surface area contributed by atoms with Crippen molar-refractivity contribution in [3.8, 4) is 5.75 Å². The van der Waals surface area contributed by atoms with Crippen molar-refractivity contribution in [1.82, 2.24) is 15.3 Å². The maximum absolute atomic E-state index is 11.6. The molecule has 0 fully saturated rings. The molecule has 1 aromatic heterocycles. The quantitative estimate of drug-likeness (QED) is 0.825. The number of hydrogen-bond acceptors (Lipinski definition) is 3. The fourth-order valence-electron chi connectivity index (χ4n) is 1.67. The number of nitrogens with one attached hydrogen (secondary N) is 2. The predicted octanol–water partition coefficient (Wildman–Crippen LogP) is 1.46. The second-order valence-electron chi connectivity index (χ2n) is 4.19. The number of H-pyrrole nitrogens is 1. The summed E-state index contributed by atoms with van der Waals surface area (Å²) in [7, 11) is 0. The maximum atomic E-state index is 11.6. The Morgan fingerprint density at radius 1 is 1.42 bits per heavy atom. The monoisotopic (exact) mass is 259 g/mol. The van der Waals surface area contributed by atoms with Crippen LogP contribution in [0.2, 0.25) is 0 Å². The van der Waals surface area contributed by atoms with E-state index in [1.54, 1.807) is 12.4 Å². The minimum Gasteiger partial charge on any atom is -0.484 e. The number of amides is 1. The zero-order valence-electron chi connectivity index (χ0n) is 10.8. The van der Waals surface area contributed by atoms with Crippen LogP contribution in [-0.4, -0.2) is 29.0 Å². The standard InChI is InChI=1S/C14H17N3O2/c1-11-4-2-3-5-12(11)19-10-14(18)17-7-6-13-15-8-9-16-13/h2-5,8-9H,6-7,10H2,1H3,(H,15,16)(H,17,18). The third kappa shape index (κ3) is 4.13. The lowest BCUT2D eigenvalue weighted by molar-refractivity contribution is -0.123. The fourth-order valence-corrected chi connectivity index (χ4v) is 1.67. The van der Waals surface area contributed by atoms with Crippen molar-refractivity contribution in [2.75, 3.05) is 13.2 Å². The molecule has 100 valence electrons. The zero-order chi connectivity index (χ0) is 13.5. The van der Waals surface area contributed by atoms with Crippen LogP contribution in [-0.2, 0) is 11.2 Å². The average Bonchev–Trinajstić information content (AvgIpc) is 2.91. The van der Waals surface area contributed by atoms with Crippen molar-refractivity contribution in [2.24, 2.45) is 0 Å². The summed E-state index contributed by atoms with van der Waals surface area (Å²) in [6.07, 6.45) is 4.14. The molecule has 2 N–H and O–H groups in total. The van der Waals surface area contributed by atoms with Crippen LogP contribution in [0.5, 0.6) is 5.75 Å². The van der Waals surface area contributed by atoms with Crippen molar-refractivity contribution in [3.63, 3.8) is 0 Å². The molecule has 2 rings (SSSR count). The fraction of sp³-hybridized carbons (Fsp3) is 0.286. The molecule has 5 heteroatoms. The third-order valence-electron chi connectivity index (χ3n) is 2.69. The number of aromatic nitrogens is 2. The smallest absolute Gasteiger partial charge is 0.257 e. The highest BCUT2D eigenvalue weighted by Crippen LogP contribution is 2.15. The van der Waals surface area contributed by atoms with Gasteiger partial charge in [0.2, 0.25) is 0 Å². The van der Waals surface area contributed by atoms with Gasteiger partial charge in [0, 0.05) is 25.4 Å². The van der Waals surface area contributed by atoms with Crippen molar-refractivity contribution < 1.29 is 9.53 Å². The molecular weight excluding hydrogens is 242 g/mol. The summed E-state index contributed by atoms with van der Waals surface area (Å²) < 4.78 is 5.45. The lowest BCUT2D eigenvalue weighted by Crippen LogP contribution is -2.30. The number of rotatable bonds is 6. The first-order valence-corrected chi connectivity index (χ1v) is 6.19. The molecule has 0 saturated carbocycles. The van der Waals surface area contributed by atoms with E-state index < -0.39 is 0 Å². The van der Waals surface area contributed by atoms with Crippen molar-refractivity contribution in [2.45, 2.75) is 13.3 Å². The summed E-state index contributed by atoms with van der Waals surface area (Å²) in [6.45, 7) is 2.52. The number of imidazole rings is 1. The molecule has 0 radical (unpaired) electrons. The first kappa shape index (κ1) is 13.1. The number of carbonyl (C=O) groups excluding carboxylic acids is 1. The molecule has 1 amide bonds. The number of para-hydroxylation sites is 1. The third-order valence-corrected chi connectivity index (χ3v) is 2.69. The highest BCUT2D eigenvalue weighted by molar-refractivity contribution is 5.77. The van der Waals surface area contributed by atoms with Crippen LogP contribution in [0.15, 0.2) is 36.7 Å². The van der Waals surface area contributed by atoms with Gasteiger partial charge in [-0.05, 0) is 18.6 Å². The predicted molar refractivity (Wildman–Crippen MR) is 72.0 cm³/mol. The molecule has 1 heterocycles. The SMILES string of the molecule is Cc1ccccc1OCC(=O)NCCc1ncc[nH]1. The van der Waals surface area contributed by atoms with Crippen LogP contribution in [0.4, 0.5) is 0 Å². The molecular formula is C14H17N3O2. The van der Waals surface area contributed by atoms with Crippen LogP contribution in [0.3, 0.4) is 0 Å². The molecule has 0 saturated heterocycles. The number of ether oxygens (including phenoxy) is 1. The van der Waals surface area contributed by atoms with Gasteiger partial charge in [0.05, 0.1) is 0 Å². The van der Waals surface area contributed by atoms with Gasteiger partial charge in [-0.15, -0.1) is 0 Å². The zero-order valence-corrected chi connectivity index (χ0v) is 10.8. The van der Waals surface area contributed by atoms with Gasteiger partial charge in [0.15, 0.2) is 6.61 Å². The normalized spacial score (nSPS) is 10.2. The maximum Gasteiger partial charge on any atom is 0.257 e. The molecule has 19 heavy (non-hydrogen) atoms. The average molecular weight is 259 g/mol. The van der Waals surface area contributed by atoms with Gasteiger partial charge < -0.3 is 15.0 Å². The Hall–Kier alpha value is -2.30. The van der Waals surface area contributed by atoms with Gasteiger partial charge >= 0.3 is 0 Å². The van der Waals surface area contributed by atoms with Crippen LogP contribution >= 0.6 is 0 Å². The molecule has 2 aromatic rings. The Bertz CT molecular complexity index is 523. The van der Waals surface area contributed by atoms with Crippen LogP contribution in [0.25, 0.3) is 0 Å². The van der Waals surface area contributed by atoms with Gasteiger partial charge in [-0.25, -0.2) is 4.98 Å². The van der Waals surface area contributed by atoms with Gasteiger partial charge in [0.25, 0.3) is 5.91 Å². The molecule has 0 aliphatic heterocycles. The van der Waals surface area contributed by atoms with Gasteiger partial charge in [-0.3, -0.25) is 4.79 Å². The van der Waals surface area contributed by atoms with Crippen LogP contribution in [0, 0.1) is 6.92 Å². The van der Waals surface area contributed by atoms with E-state index in [1.165, 1.54) is 0 Å². The lowest BCUT2D eigenvalue weighted by atomic mass is 10.2. The summed E-state index contributed by atoms with van der Waals surface area (Å²) in [5, 5.41) is 2.79. The second-order valence-corrected chi connectivity index (χ2v) is 4.19. The minimum atomic E-state index is -0.130. The summed E-state index contributed by atoms with van der Waals surface area (Å²) in [4.78, 5) is 18.7. The van der Waals surface area contributed by atoms with E-state index in [2.05, 4.69) is 15.3 Å². The number of nitrogens with zero attached hydrogens (tertiary/aromatic N) is 1. The van der Waals surface area contributed by atoms with Crippen molar-refractivity contribution in [1.29, 1.82) is 0 Å². The summed E-state index contributed by atoms with van der Waals surface area (Å²) in [6, 6.07) is 7.62. The topological polar surface area (TPSA) is 67.0 Å². The van der Waals surface area contributed by atoms with Gasteiger partial charge in [0.1, 0.15) is 11.6 Å². The lowest BCUT2D eigenvalue weighted by Gasteiger charge is -2.08. The summed E-state index contributed by atoms with van der Waals surface area (Å²) in [5.74, 6) is 1.47.